The van der Waals surface area contributed by atoms with E-state index in [1.54, 1.807) is 12.1 Å². The van der Waals surface area contributed by atoms with E-state index in [9.17, 15) is 8.42 Å². The van der Waals surface area contributed by atoms with Gasteiger partial charge in [0.15, 0.2) is 0 Å². The fraction of sp³-hybridized carbons (Fsp3) is 0.571. The number of anilines is 1. The van der Waals surface area contributed by atoms with Crippen LogP contribution < -0.4 is 15.6 Å². The van der Waals surface area contributed by atoms with Crippen LogP contribution >= 0.6 is 0 Å². The lowest BCUT2D eigenvalue weighted by molar-refractivity contribution is 0.122. The first-order valence-corrected chi connectivity index (χ1v) is 8.54. The molecule has 5 nitrogen and oxygen atoms in total. The van der Waals surface area contributed by atoms with Gasteiger partial charge in [-0.15, -0.1) is 0 Å². The van der Waals surface area contributed by atoms with Crippen molar-refractivity contribution in [2.75, 3.05) is 5.73 Å². The molecule has 0 aromatic heterocycles. The highest BCUT2D eigenvalue weighted by atomic mass is 32.2. The molecule has 112 valence electrons. The van der Waals surface area contributed by atoms with Crippen LogP contribution in [0.3, 0.4) is 0 Å². The Labute approximate surface area is 120 Å². The number of nitrogens with two attached hydrogens (primary N) is 2. The van der Waals surface area contributed by atoms with Crippen LogP contribution in [-0.4, -0.2) is 14.5 Å². The topological polar surface area (TPSA) is 95.4 Å². The third kappa shape index (κ3) is 3.43. The summed E-state index contributed by atoms with van der Waals surface area (Å²) in [7, 11) is -3.82. The number of hydrogen-bond donors (Lipinski definition) is 2. The number of ether oxygens (including phenoxy) is 1. The number of benzene rings is 1. The van der Waals surface area contributed by atoms with E-state index in [-0.39, 0.29) is 16.7 Å². The van der Waals surface area contributed by atoms with Crippen molar-refractivity contribution in [1.29, 1.82) is 0 Å². The van der Waals surface area contributed by atoms with Crippen LogP contribution in [0.1, 0.15) is 39.0 Å². The number of rotatable bonds is 4. The Morgan fingerprint density at radius 2 is 2.10 bits per heavy atom. The van der Waals surface area contributed by atoms with Crippen LogP contribution in [0, 0.1) is 5.92 Å². The average Bonchev–Trinajstić information content (AvgIpc) is 2.40. The zero-order valence-electron chi connectivity index (χ0n) is 11.7. The average molecular weight is 298 g/mol. The van der Waals surface area contributed by atoms with Gasteiger partial charge in [0.1, 0.15) is 10.6 Å². The molecule has 1 fully saturated rings. The van der Waals surface area contributed by atoms with E-state index in [1.165, 1.54) is 12.5 Å². The number of nitrogen functional groups attached to an aromatic ring is 1. The van der Waals surface area contributed by atoms with Crippen molar-refractivity contribution in [2.24, 2.45) is 11.1 Å². The highest BCUT2D eigenvalue weighted by Gasteiger charge is 2.24. The van der Waals surface area contributed by atoms with Crippen LogP contribution in [0.25, 0.3) is 0 Å². The fourth-order valence-corrected chi connectivity index (χ4v) is 3.45. The number of para-hydroxylation sites is 1. The quantitative estimate of drug-likeness (QED) is 0.833. The van der Waals surface area contributed by atoms with Crippen molar-refractivity contribution in [1.82, 2.24) is 0 Å². The molecule has 1 aromatic rings. The maximum absolute atomic E-state index is 11.4. The molecule has 0 amide bonds. The third-order valence-electron chi connectivity index (χ3n) is 3.94. The van der Waals surface area contributed by atoms with Crippen molar-refractivity contribution >= 4 is 15.7 Å². The standard InChI is InChI=1S/C14H22N2O3S/c1-2-10-5-3-6-11(9-10)19-12-7-4-8-13(14(12)15)20(16,17)18/h4,7-8,10-11H,2-3,5-6,9,15H2,1H3,(H2,16,17,18). The molecule has 0 radical (unpaired) electrons. The second kappa shape index (κ2) is 6.01. The maximum Gasteiger partial charge on any atom is 0.240 e. The van der Waals surface area contributed by atoms with Gasteiger partial charge in [-0.05, 0) is 37.3 Å². The lowest BCUT2D eigenvalue weighted by atomic mass is 9.85. The Kier molecular flexibility index (Phi) is 4.55. The molecular formula is C14H22N2O3S. The lowest BCUT2D eigenvalue weighted by Crippen LogP contribution is -2.25. The number of primary sulfonamides is 1. The predicted octanol–water partition coefficient (Wildman–Crippen LogP) is 2.26. The van der Waals surface area contributed by atoms with Gasteiger partial charge < -0.3 is 10.5 Å². The molecule has 6 heteroatoms. The van der Waals surface area contributed by atoms with Gasteiger partial charge in [-0.1, -0.05) is 25.8 Å². The first kappa shape index (κ1) is 15.1. The van der Waals surface area contributed by atoms with Gasteiger partial charge in [-0.3, -0.25) is 0 Å². The Morgan fingerprint density at radius 3 is 2.75 bits per heavy atom. The number of hydrogen-bond acceptors (Lipinski definition) is 4. The summed E-state index contributed by atoms with van der Waals surface area (Å²) in [4.78, 5) is -0.0714. The molecule has 1 aliphatic carbocycles. The van der Waals surface area contributed by atoms with E-state index >= 15 is 0 Å². The molecule has 1 saturated carbocycles. The molecule has 2 unspecified atom stereocenters. The summed E-state index contributed by atoms with van der Waals surface area (Å²) in [5.74, 6) is 1.09. The van der Waals surface area contributed by atoms with Gasteiger partial charge in [-0.25, -0.2) is 13.6 Å². The van der Waals surface area contributed by atoms with E-state index in [4.69, 9.17) is 15.6 Å². The first-order valence-electron chi connectivity index (χ1n) is 6.99. The van der Waals surface area contributed by atoms with Gasteiger partial charge in [0.25, 0.3) is 0 Å². The Balaban J connectivity index is 2.18. The zero-order valence-corrected chi connectivity index (χ0v) is 12.5. The van der Waals surface area contributed by atoms with E-state index in [0.717, 1.165) is 25.7 Å². The summed E-state index contributed by atoms with van der Waals surface area (Å²) in [6.45, 7) is 2.18. The molecule has 0 saturated heterocycles. The van der Waals surface area contributed by atoms with Gasteiger partial charge >= 0.3 is 0 Å². The molecule has 0 heterocycles. The van der Waals surface area contributed by atoms with E-state index in [0.29, 0.717) is 11.7 Å². The molecule has 2 rings (SSSR count). The van der Waals surface area contributed by atoms with E-state index < -0.39 is 10.0 Å². The minimum absolute atomic E-state index is 0.0714. The summed E-state index contributed by atoms with van der Waals surface area (Å²) in [5.41, 5.74) is 5.97. The van der Waals surface area contributed by atoms with E-state index in [2.05, 4.69) is 6.92 Å². The lowest BCUT2D eigenvalue weighted by Gasteiger charge is -2.29. The molecule has 1 aliphatic rings. The minimum Gasteiger partial charge on any atom is -0.488 e. The van der Waals surface area contributed by atoms with Crippen LogP contribution in [-0.2, 0) is 10.0 Å². The van der Waals surface area contributed by atoms with Gasteiger partial charge in [0, 0.05) is 0 Å². The Bertz CT molecular complexity index is 572. The monoisotopic (exact) mass is 298 g/mol. The van der Waals surface area contributed by atoms with Crippen LogP contribution in [0.5, 0.6) is 5.75 Å². The molecule has 1 aromatic carbocycles. The second-order valence-corrected chi connectivity index (χ2v) is 6.92. The van der Waals surface area contributed by atoms with Crippen molar-refractivity contribution < 1.29 is 13.2 Å². The summed E-state index contributed by atoms with van der Waals surface area (Å²) in [5, 5.41) is 5.14. The highest BCUT2D eigenvalue weighted by Crippen LogP contribution is 2.33. The smallest absolute Gasteiger partial charge is 0.240 e. The van der Waals surface area contributed by atoms with Crippen molar-refractivity contribution in [3.05, 3.63) is 18.2 Å². The molecule has 20 heavy (non-hydrogen) atoms. The molecule has 0 bridgehead atoms. The Hall–Kier alpha value is -1.27. The molecule has 0 aliphatic heterocycles. The second-order valence-electron chi connectivity index (χ2n) is 5.39. The largest absolute Gasteiger partial charge is 0.488 e. The molecule has 0 spiro atoms. The fourth-order valence-electron chi connectivity index (χ4n) is 2.77. The third-order valence-corrected chi connectivity index (χ3v) is 4.91. The van der Waals surface area contributed by atoms with Crippen molar-refractivity contribution in [2.45, 2.75) is 50.0 Å². The molecular weight excluding hydrogens is 276 g/mol. The number of sulfonamides is 1. The SMILES string of the molecule is CCC1CCCC(Oc2cccc(S(N)(=O)=O)c2N)C1. The van der Waals surface area contributed by atoms with Crippen molar-refractivity contribution in [3.63, 3.8) is 0 Å². The van der Waals surface area contributed by atoms with Crippen molar-refractivity contribution in [3.8, 4) is 5.75 Å². The van der Waals surface area contributed by atoms with Crippen LogP contribution in [0.4, 0.5) is 5.69 Å². The summed E-state index contributed by atoms with van der Waals surface area (Å²) >= 11 is 0. The summed E-state index contributed by atoms with van der Waals surface area (Å²) in [6.07, 6.45) is 5.60. The zero-order chi connectivity index (χ0) is 14.8. The summed E-state index contributed by atoms with van der Waals surface area (Å²) in [6, 6.07) is 4.69. The van der Waals surface area contributed by atoms with Crippen LogP contribution in [0.15, 0.2) is 23.1 Å². The minimum atomic E-state index is -3.82. The normalized spacial score (nSPS) is 23.5. The highest BCUT2D eigenvalue weighted by molar-refractivity contribution is 7.89. The van der Waals surface area contributed by atoms with Gasteiger partial charge in [-0.2, -0.15) is 0 Å². The van der Waals surface area contributed by atoms with Crippen LogP contribution in [0.2, 0.25) is 0 Å². The molecule has 2 atom stereocenters. The first-order chi connectivity index (χ1) is 9.41. The summed E-state index contributed by atoms with van der Waals surface area (Å²) < 4.78 is 28.8. The predicted molar refractivity (Wildman–Crippen MR) is 78.9 cm³/mol. The Morgan fingerprint density at radius 1 is 1.35 bits per heavy atom. The maximum atomic E-state index is 11.4. The van der Waals surface area contributed by atoms with E-state index in [1.807, 2.05) is 0 Å². The van der Waals surface area contributed by atoms with Gasteiger partial charge in [0.2, 0.25) is 10.0 Å². The molecule has 4 N–H and O–H groups in total. The van der Waals surface area contributed by atoms with Gasteiger partial charge in [0.05, 0.1) is 11.8 Å².